The number of nitrogens with zero attached hydrogens (tertiary/aromatic N) is 1. The van der Waals surface area contributed by atoms with Crippen LogP contribution in [0, 0.1) is 12.8 Å². The third-order valence-corrected chi connectivity index (χ3v) is 6.55. The van der Waals surface area contributed by atoms with Crippen LogP contribution in [-0.4, -0.2) is 0 Å². The van der Waals surface area contributed by atoms with E-state index in [9.17, 15) is 0 Å². The minimum absolute atomic E-state index is 0.766. The number of aromatic nitrogens is 1. The van der Waals surface area contributed by atoms with Crippen LogP contribution in [0.15, 0.2) is 47.0 Å². The Hall–Kier alpha value is -2.81. The third kappa shape index (κ3) is 2.25. The van der Waals surface area contributed by atoms with Gasteiger partial charge in [-0.1, -0.05) is 49.9 Å². The highest BCUT2D eigenvalue weighted by Crippen LogP contribution is 2.49. The van der Waals surface area contributed by atoms with E-state index >= 15 is 0 Å². The average Bonchev–Trinajstić information content (AvgIpc) is 3.34. The average molecular weight is 370 g/mol. The molecule has 0 unspecified atom stereocenters. The van der Waals surface area contributed by atoms with E-state index in [2.05, 4.69) is 61.1 Å². The van der Waals surface area contributed by atoms with Crippen LogP contribution >= 0.6 is 0 Å². The summed E-state index contributed by atoms with van der Waals surface area (Å²) in [6.45, 7) is 2.18. The summed E-state index contributed by atoms with van der Waals surface area (Å²) in [5.74, 6) is 3.63. The Kier molecular flexibility index (Phi) is 3.37. The molecule has 28 heavy (non-hydrogen) atoms. The summed E-state index contributed by atoms with van der Waals surface area (Å²) in [7, 11) is 2.11. The first kappa shape index (κ1) is 16.2. The van der Waals surface area contributed by atoms with Crippen LogP contribution in [0.5, 0.6) is 11.5 Å². The highest BCUT2D eigenvalue weighted by atomic mass is 16.5. The molecule has 0 radical (unpaired) electrons. The van der Waals surface area contributed by atoms with Gasteiger partial charge in [0.05, 0.1) is 10.9 Å². The van der Waals surface area contributed by atoms with Crippen LogP contribution in [-0.2, 0) is 13.5 Å². The molecule has 4 aromatic rings. The molecule has 140 valence electrons. The molecule has 2 aromatic heterocycles. The first-order valence-electron chi connectivity index (χ1n) is 10.3. The summed E-state index contributed by atoms with van der Waals surface area (Å²) in [6.07, 6.45) is 8.60. The van der Waals surface area contributed by atoms with Crippen molar-refractivity contribution in [2.75, 3.05) is 0 Å². The number of ether oxygens (including phenoxy) is 1. The normalized spacial score (nSPS) is 15.9. The Morgan fingerprint density at radius 1 is 1.07 bits per heavy atom. The van der Waals surface area contributed by atoms with Crippen LogP contribution in [0.3, 0.4) is 0 Å². The zero-order chi connectivity index (χ0) is 18.8. The van der Waals surface area contributed by atoms with E-state index in [-0.39, 0.29) is 0 Å². The maximum absolute atomic E-state index is 6.47. The number of hydrogen-bond donors (Lipinski definition) is 0. The van der Waals surface area contributed by atoms with Gasteiger partial charge < -0.3 is 9.15 Å². The molecule has 2 aliphatic rings. The SMILES string of the molecule is Cc1ccc2cccc3c2c1-c1c(c2oc(CC4CCCC4)cc2c[n+]1C)O3. The Bertz CT molecular complexity index is 1240. The van der Waals surface area contributed by atoms with Crippen molar-refractivity contribution in [2.45, 2.75) is 39.0 Å². The van der Waals surface area contributed by atoms with Crippen LogP contribution in [0.1, 0.15) is 37.0 Å². The molecule has 2 aromatic carbocycles. The van der Waals surface area contributed by atoms with E-state index in [0.29, 0.717) is 0 Å². The van der Waals surface area contributed by atoms with E-state index in [0.717, 1.165) is 46.3 Å². The third-order valence-electron chi connectivity index (χ3n) is 6.55. The minimum atomic E-state index is 0.766. The van der Waals surface area contributed by atoms with Crippen molar-refractivity contribution in [3.05, 3.63) is 53.9 Å². The molecule has 1 saturated carbocycles. The molecule has 3 heteroatoms. The van der Waals surface area contributed by atoms with Gasteiger partial charge in [0.15, 0.2) is 11.8 Å². The number of benzene rings is 2. The second-order valence-electron chi connectivity index (χ2n) is 8.48. The number of fused-ring (bicyclic) bond motifs is 4. The highest BCUT2D eigenvalue weighted by molar-refractivity contribution is 6.06. The smallest absolute Gasteiger partial charge is 0.260 e. The number of furan rings is 1. The molecule has 0 saturated heterocycles. The van der Waals surface area contributed by atoms with Crippen molar-refractivity contribution in [3.63, 3.8) is 0 Å². The molecule has 1 aliphatic heterocycles. The van der Waals surface area contributed by atoms with Crippen molar-refractivity contribution in [1.82, 2.24) is 0 Å². The Morgan fingerprint density at radius 2 is 1.93 bits per heavy atom. The van der Waals surface area contributed by atoms with Gasteiger partial charge in [-0.2, -0.15) is 4.57 Å². The molecule has 0 spiro atoms. The van der Waals surface area contributed by atoms with Crippen molar-refractivity contribution < 1.29 is 13.7 Å². The van der Waals surface area contributed by atoms with Gasteiger partial charge in [0.2, 0.25) is 5.75 Å². The topological polar surface area (TPSA) is 26.2 Å². The van der Waals surface area contributed by atoms with E-state index in [1.807, 2.05) is 0 Å². The van der Waals surface area contributed by atoms with Gasteiger partial charge in [0.25, 0.3) is 5.69 Å². The number of hydrogen-bond acceptors (Lipinski definition) is 2. The molecule has 1 fully saturated rings. The first-order valence-corrected chi connectivity index (χ1v) is 10.3. The molecule has 6 rings (SSSR count). The maximum Gasteiger partial charge on any atom is 0.260 e. The lowest BCUT2D eigenvalue weighted by molar-refractivity contribution is -0.659. The summed E-state index contributed by atoms with van der Waals surface area (Å²) in [5.41, 5.74) is 4.51. The van der Waals surface area contributed by atoms with E-state index in [1.54, 1.807) is 0 Å². The van der Waals surface area contributed by atoms with Crippen molar-refractivity contribution >= 4 is 21.7 Å². The lowest BCUT2D eigenvalue weighted by Crippen LogP contribution is -2.32. The van der Waals surface area contributed by atoms with Crippen LogP contribution in [0.25, 0.3) is 33.0 Å². The molecule has 0 atom stereocenters. The quantitative estimate of drug-likeness (QED) is 0.345. The minimum Gasteiger partial charge on any atom is -0.457 e. The van der Waals surface area contributed by atoms with Crippen LogP contribution in [0.2, 0.25) is 0 Å². The first-order chi connectivity index (χ1) is 13.7. The highest BCUT2D eigenvalue weighted by Gasteiger charge is 2.33. The Labute approximate surface area is 164 Å². The van der Waals surface area contributed by atoms with E-state index in [1.165, 1.54) is 47.6 Å². The molecule has 0 amide bonds. The molecular weight excluding hydrogens is 346 g/mol. The van der Waals surface area contributed by atoms with Crippen molar-refractivity contribution in [3.8, 4) is 22.8 Å². The maximum atomic E-state index is 6.47. The zero-order valence-electron chi connectivity index (χ0n) is 16.4. The standard InChI is InChI=1S/C25H24NO2/c1-15-10-11-17-8-5-9-20-22(17)21(15)23-25(28-20)24-18(14-26(23)2)13-19(27-24)12-16-6-3-4-7-16/h5,8-11,13-14,16H,3-4,6-7,12H2,1-2H3/q+1. The van der Waals surface area contributed by atoms with Gasteiger partial charge in [-0.15, -0.1) is 0 Å². The number of aryl methyl sites for hydroxylation is 2. The lowest BCUT2D eigenvalue weighted by atomic mass is 9.93. The number of pyridine rings is 1. The predicted molar refractivity (Wildman–Crippen MR) is 111 cm³/mol. The second kappa shape index (κ2) is 5.84. The fourth-order valence-electron chi connectivity index (χ4n) is 5.21. The largest absolute Gasteiger partial charge is 0.457 e. The van der Waals surface area contributed by atoms with E-state index in [4.69, 9.17) is 9.15 Å². The molecule has 3 heterocycles. The molecule has 3 nitrogen and oxygen atoms in total. The van der Waals surface area contributed by atoms with Gasteiger partial charge >= 0.3 is 0 Å². The second-order valence-corrected chi connectivity index (χ2v) is 8.48. The van der Waals surface area contributed by atoms with E-state index < -0.39 is 0 Å². The van der Waals surface area contributed by atoms with Gasteiger partial charge in [0.1, 0.15) is 18.6 Å². The van der Waals surface area contributed by atoms with Gasteiger partial charge in [-0.25, -0.2) is 0 Å². The molecule has 0 N–H and O–H groups in total. The summed E-state index contributed by atoms with van der Waals surface area (Å²) >= 11 is 0. The molecule has 0 bridgehead atoms. The lowest BCUT2D eigenvalue weighted by Gasteiger charge is -2.20. The number of rotatable bonds is 2. The van der Waals surface area contributed by atoms with Gasteiger partial charge in [-0.3, -0.25) is 0 Å². The predicted octanol–water partition coefficient (Wildman–Crippen LogP) is 6.22. The van der Waals surface area contributed by atoms with Gasteiger partial charge in [-0.05, 0) is 35.9 Å². The Balaban J connectivity index is 1.60. The summed E-state index contributed by atoms with van der Waals surface area (Å²) in [6, 6.07) is 12.9. The van der Waals surface area contributed by atoms with Crippen LogP contribution in [0.4, 0.5) is 0 Å². The summed E-state index contributed by atoms with van der Waals surface area (Å²) < 4.78 is 15.1. The summed E-state index contributed by atoms with van der Waals surface area (Å²) in [4.78, 5) is 0. The fraction of sp³-hybridized carbons (Fsp3) is 0.320. The summed E-state index contributed by atoms with van der Waals surface area (Å²) in [5, 5.41) is 3.53. The van der Waals surface area contributed by atoms with Gasteiger partial charge in [0, 0.05) is 11.8 Å². The molecular formula is C25H24NO2+. The van der Waals surface area contributed by atoms with Crippen LogP contribution < -0.4 is 9.30 Å². The molecule has 1 aliphatic carbocycles. The monoisotopic (exact) mass is 370 g/mol. The zero-order valence-corrected chi connectivity index (χ0v) is 16.4. The fourth-order valence-corrected chi connectivity index (χ4v) is 5.21. The van der Waals surface area contributed by atoms with Crippen molar-refractivity contribution in [1.29, 1.82) is 0 Å². The Morgan fingerprint density at radius 3 is 2.79 bits per heavy atom. The van der Waals surface area contributed by atoms with Crippen molar-refractivity contribution in [2.24, 2.45) is 13.0 Å².